The Hall–Kier alpha value is -0.643. The van der Waals surface area contributed by atoms with Gasteiger partial charge in [-0.1, -0.05) is 73.6 Å². The minimum atomic E-state index is -1.18. The second-order valence-corrected chi connectivity index (χ2v) is 15.0. The zero-order valence-corrected chi connectivity index (χ0v) is 21.7. The SMILES string of the molecule is C[SiH](C)OC(C1C(CO)C1(C)c1ccc2c(c1)C(C)(C)CCC2(C)C)C(C)(C)C. The van der Waals surface area contributed by atoms with Crippen LogP contribution < -0.4 is 0 Å². The minimum absolute atomic E-state index is 0.0112. The lowest BCUT2D eigenvalue weighted by molar-refractivity contribution is 0.0539. The van der Waals surface area contributed by atoms with E-state index in [0.717, 1.165) is 0 Å². The van der Waals surface area contributed by atoms with Gasteiger partial charge < -0.3 is 9.53 Å². The molecule has 0 radical (unpaired) electrons. The lowest BCUT2D eigenvalue weighted by Gasteiger charge is -2.42. The quantitative estimate of drug-likeness (QED) is 0.601. The standard InChI is InChI=1S/C26H44O2Si/c1-23(2,3)22(28-29(9)10)21-20(16-27)26(21,8)17-11-12-18-19(15-17)25(6,7)14-13-24(18,4)5/h11-12,15,20-22,27,29H,13-14,16H2,1-10H3. The Balaban J connectivity index is 2.06. The van der Waals surface area contributed by atoms with Crippen molar-refractivity contribution in [2.24, 2.45) is 17.3 Å². The van der Waals surface area contributed by atoms with Crippen molar-refractivity contribution in [3.8, 4) is 0 Å². The number of hydrogen-bond donors (Lipinski definition) is 1. The molecule has 0 aliphatic heterocycles. The van der Waals surface area contributed by atoms with Crippen LogP contribution in [0.2, 0.25) is 13.1 Å². The van der Waals surface area contributed by atoms with Crippen molar-refractivity contribution in [2.45, 2.75) is 104 Å². The van der Waals surface area contributed by atoms with Crippen LogP contribution in [0.25, 0.3) is 0 Å². The average molecular weight is 417 g/mol. The van der Waals surface area contributed by atoms with E-state index in [0.29, 0.717) is 5.92 Å². The summed E-state index contributed by atoms with van der Waals surface area (Å²) in [5.41, 5.74) is 4.93. The van der Waals surface area contributed by atoms with Crippen molar-refractivity contribution in [2.75, 3.05) is 6.61 Å². The van der Waals surface area contributed by atoms with Crippen LogP contribution in [-0.2, 0) is 20.7 Å². The Labute approximate surface area is 181 Å². The largest absolute Gasteiger partial charge is 0.417 e. The molecule has 1 aromatic rings. The summed E-state index contributed by atoms with van der Waals surface area (Å²) in [5, 5.41) is 10.3. The first kappa shape index (κ1) is 23.0. The highest BCUT2D eigenvalue weighted by Gasteiger charge is 2.66. The van der Waals surface area contributed by atoms with Gasteiger partial charge in [-0.3, -0.25) is 0 Å². The van der Waals surface area contributed by atoms with Crippen LogP contribution in [0.5, 0.6) is 0 Å². The zero-order valence-electron chi connectivity index (χ0n) is 20.5. The van der Waals surface area contributed by atoms with Crippen molar-refractivity contribution in [3.05, 3.63) is 34.9 Å². The Morgan fingerprint density at radius 2 is 1.59 bits per heavy atom. The Morgan fingerprint density at radius 1 is 1.03 bits per heavy atom. The highest BCUT2D eigenvalue weighted by Crippen LogP contribution is 2.64. The van der Waals surface area contributed by atoms with Crippen molar-refractivity contribution in [1.82, 2.24) is 0 Å². The van der Waals surface area contributed by atoms with Crippen LogP contribution in [0.4, 0.5) is 0 Å². The van der Waals surface area contributed by atoms with Gasteiger partial charge in [0.25, 0.3) is 0 Å². The van der Waals surface area contributed by atoms with Gasteiger partial charge in [0, 0.05) is 12.0 Å². The van der Waals surface area contributed by atoms with Crippen LogP contribution in [0.1, 0.15) is 84.9 Å². The molecule has 2 aliphatic carbocycles. The van der Waals surface area contributed by atoms with Gasteiger partial charge in [-0.15, -0.1) is 0 Å². The molecular formula is C26H44O2Si. The minimum Gasteiger partial charge on any atom is -0.417 e. The van der Waals surface area contributed by atoms with Crippen molar-refractivity contribution < 1.29 is 9.53 Å². The van der Waals surface area contributed by atoms with Crippen LogP contribution in [0.3, 0.4) is 0 Å². The predicted molar refractivity (Wildman–Crippen MR) is 126 cm³/mol. The number of rotatable bonds is 5. The molecule has 0 bridgehead atoms. The third-order valence-corrected chi connectivity index (χ3v) is 8.89. The van der Waals surface area contributed by atoms with Gasteiger partial charge in [0.2, 0.25) is 0 Å². The molecule has 0 heterocycles. The second kappa shape index (κ2) is 7.21. The average Bonchev–Trinajstić information content (AvgIpc) is 3.21. The van der Waals surface area contributed by atoms with E-state index < -0.39 is 9.04 Å². The summed E-state index contributed by atoms with van der Waals surface area (Å²) in [6.07, 6.45) is 2.66. The fourth-order valence-corrected chi connectivity index (χ4v) is 7.08. The summed E-state index contributed by atoms with van der Waals surface area (Å²) in [6, 6.07) is 7.24. The lowest BCUT2D eigenvalue weighted by atomic mass is 9.62. The zero-order chi connectivity index (χ0) is 22.0. The fraction of sp³-hybridized carbons (Fsp3) is 0.769. The van der Waals surface area contributed by atoms with E-state index in [2.05, 4.69) is 86.7 Å². The molecule has 164 valence electrons. The van der Waals surface area contributed by atoms with E-state index in [9.17, 15) is 5.11 Å². The molecule has 0 aromatic heterocycles. The van der Waals surface area contributed by atoms with E-state index >= 15 is 0 Å². The van der Waals surface area contributed by atoms with Crippen molar-refractivity contribution >= 4 is 9.04 Å². The van der Waals surface area contributed by atoms with E-state index in [1.165, 1.54) is 29.5 Å². The maximum absolute atomic E-state index is 10.3. The van der Waals surface area contributed by atoms with Gasteiger partial charge >= 0.3 is 0 Å². The number of benzene rings is 1. The molecule has 1 N–H and O–H groups in total. The normalized spacial score (nSPS) is 31.4. The van der Waals surface area contributed by atoms with E-state index in [1.807, 2.05) is 0 Å². The van der Waals surface area contributed by atoms with Gasteiger partial charge in [0.15, 0.2) is 9.04 Å². The molecule has 4 atom stereocenters. The summed E-state index contributed by atoms with van der Waals surface area (Å²) in [5.74, 6) is 0.650. The molecule has 3 heteroatoms. The molecule has 1 fully saturated rings. The summed E-state index contributed by atoms with van der Waals surface area (Å²) >= 11 is 0. The van der Waals surface area contributed by atoms with Gasteiger partial charge in [-0.25, -0.2) is 0 Å². The highest BCUT2D eigenvalue weighted by molar-refractivity contribution is 6.48. The number of hydrogen-bond acceptors (Lipinski definition) is 2. The topological polar surface area (TPSA) is 29.5 Å². The highest BCUT2D eigenvalue weighted by atomic mass is 28.3. The van der Waals surface area contributed by atoms with Crippen LogP contribution in [0, 0.1) is 17.3 Å². The van der Waals surface area contributed by atoms with Crippen molar-refractivity contribution in [1.29, 1.82) is 0 Å². The molecule has 4 unspecified atom stereocenters. The number of aliphatic hydroxyl groups is 1. The molecule has 2 nitrogen and oxygen atoms in total. The molecule has 2 aliphatic rings. The van der Waals surface area contributed by atoms with Gasteiger partial charge in [0.1, 0.15) is 0 Å². The molecular weight excluding hydrogens is 372 g/mol. The molecule has 0 amide bonds. The number of aliphatic hydroxyl groups excluding tert-OH is 1. The Bertz CT molecular complexity index is 758. The smallest absolute Gasteiger partial charge is 0.171 e. The van der Waals surface area contributed by atoms with Gasteiger partial charge in [0.05, 0.1) is 6.10 Å². The van der Waals surface area contributed by atoms with Crippen LogP contribution in [0.15, 0.2) is 18.2 Å². The molecule has 0 saturated heterocycles. The third-order valence-electron chi connectivity index (χ3n) is 8.06. The first-order chi connectivity index (χ1) is 13.2. The summed E-state index contributed by atoms with van der Waals surface area (Å²) < 4.78 is 6.60. The first-order valence-corrected chi connectivity index (χ1v) is 14.4. The van der Waals surface area contributed by atoms with E-state index in [4.69, 9.17) is 4.43 Å². The molecule has 29 heavy (non-hydrogen) atoms. The van der Waals surface area contributed by atoms with Gasteiger partial charge in [-0.05, 0) is 70.7 Å². The monoisotopic (exact) mass is 416 g/mol. The Kier molecular flexibility index (Phi) is 5.72. The fourth-order valence-electron chi connectivity index (χ4n) is 5.92. The van der Waals surface area contributed by atoms with E-state index in [-0.39, 0.29) is 40.3 Å². The maximum Gasteiger partial charge on any atom is 0.171 e. The Morgan fingerprint density at radius 3 is 2.07 bits per heavy atom. The maximum atomic E-state index is 10.3. The predicted octanol–water partition coefficient (Wildman–Crippen LogP) is 5.95. The van der Waals surface area contributed by atoms with Crippen molar-refractivity contribution in [3.63, 3.8) is 0 Å². The third kappa shape index (κ3) is 3.88. The summed E-state index contributed by atoms with van der Waals surface area (Å²) in [6.45, 7) is 23.6. The molecule has 0 spiro atoms. The summed E-state index contributed by atoms with van der Waals surface area (Å²) in [7, 11) is -1.18. The van der Waals surface area contributed by atoms with Gasteiger partial charge in [-0.2, -0.15) is 0 Å². The number of fused-ring (bicyclic) bond motifs is 1. The second-order valence-electron chi connectivity index (χ2n) is 12.6. The lowest BCUT2D eigenvalue weighted by Crippen LogP contribution is -2.37. The van der Waals surface area contributed by atoms with Crippen LogP contribution in [-0.4, -0.2) is 26.9 Å². The molecule has 1 aromatic carbocycles. The summed E-state index contributed by atoms with van der Waals surface area (Å²) in [4.78, 5) is 0. The van der Waals surface area contributed by atoms with E-state index in [1.54, 1.807) is 0 Å². The van der Waals surface area contributed by atoms with Crippen LogP contribution >= 0.6 is 0 Å². The molecule has 1 saturated carbocycles. The first-order valence-electron chi connectivity index (χ1n) is 11.6. The molecule has 3 rings (SSSR count).